The summed E-state index contributed by atoms with van der Waals surface area (Å²) in [5.74, 6) is 0.333. The largest absolute Gasteiger partial charge is 0.370 e. The van der Waals surface area contributed by atoms with Gasteiger partial charge in [0.2, 0.25) is 10.0 Å². The van der Waals surface area contributed by atoms with Gasteiger partial charge in [0.1, 0.15) is 0 Å². The zero-order valence-corrected chi connectivity index (χ0v) is 18.4. The lowest BCUT2D eigenvalue weighted by molar-refractivity contribution is 0.587. The van der Waals surface area contributed by atoms with Crippen molar-refractivity contribution in [2.75, 3.05) is 12.4 Å². The first kappa shape index (κ1) is 21.6. The maximum atomic E-state index is 11.6. The van der Waals surface area contributed by atoms with Crippen molar-refractivity contribution in [1.82, 2.24) is 4.72 Å². The first-order valence-electron chi connectivity index (χ1n) is 8.63. The van der Waals surface area contributed by atoms with Crippen LogP contribution < -0.4 is 15.8 Å². The summed E-state index contributed by atoms with van der Waals surface area (Å²) in [6.45, 7) is 0.433. The summed E-state index contributed by atoms with van der Waals surface area (Å²) in [4.78, 5) is 4.36. The first-order chi connectivity index (χ1) is 12.4. The van der Waals surface area contributed by atoms with E-state index in [0.717, 1.165) is 29.7 Å². The molecule has 0 aromatic heterocycles. The number of aryl methyl sites for hydroxylation is 2. The molecule has 3 rings (SSSR count). The Kier molecular flexibility index (Phi) is 7.63. The van der Waals surface area contributed by atoms with Crippen LogP contribution >= 0.6 is 24.0 Å². The molecule has 0 saturated heterocycles. The number of fused-ring (bicyclic) bond motifs is 1. The van der Waals surface area contributed by atoms with Crippen molar-refractivity contribution in [3.8, 4) is 0 Å². The average Bonchev–Trinajstić information content (AvgIpc) is 3.09. The smallest absolute Gasteiger partial charge is 0.215 e. The molecule has 0 radical (unpaired) electrons. The molecule has 2 aromatic carbocycles. The van der Waals surface area contributed by atoms with Crippen molar-refractivity contribution < 1.29 is 8.42 Å². The minimum absolute atomic E-state index is 0. The number of nitrogens with zero attached hydrogens (tertiary/aromatic N) is 1. The highest BCUT2D eigenvalue weighted by molar-refractivity contribution is 14.0. The van der Waals surface area contributed by atoms with E-state index in [1.54, 1.807) is 12.1 Å². The van der Waals surface area contributed by atoms with E-state index >= 15 is 0 Å². The molecule has 8 heteroatoms. The van der Waals surface area contributed by atoms with Gasteiger partial charge in [0.15, 0.2) is 5.96 Å². The number of anilines is 1. The van der Waals surface area contributed by atoms with Crippen molar-refractivity contribution >= 4 is 45.6 Å². The van der Waals surface area contributed by atoms with Crippen LogP contribution in [0.5, 0.6) is 0 Å². The Bertz CT molecular complexity index is 912. The Labute approximate surface area is 177 Å². The van der Waals surface area contributed by atoms with Gasteiger partial charge in [-0.1, -0.05) is 30.3 Å². The topological polar surface area (TPSA) is 96.6 Å². The van der Waals surface area contributed by atoms with Crippen LogP contribution in [0.4, 0.5) is 5.69 Å². The Hall–Kier alpha value is -1.65. The lowest BCUT2D eigenvalue weighted by Crippen LogP contribution is -2.22. The molecule has 4 N–H and O–H groups in total. The molecule has 1 aliphatic rings. The minimum Gasteiger partial charge on any atom is -0.370 e. The van der Waals surface area contributed by atoms with Crippen LogP contribution in [-0.2, 0) is 35.2 Å². The summed E-state index contributed by atoms with van der Waals surface area (Å²) in [7, 11) is -1.85. The van der Waals surface area contributed by atoms with Crippen molar-refractivity contribution in [3.63, 3.8) is 0 Å². The maximum Gasteiger partial charge on any atom is 0.215 e. The highest BCUT2D eigenvalue weighted by atomic mass is 127. The third-order valence-electron chi connectivity index (χ3n) is 4.49. The molecule has 1 aliphatic carbocycles. The van der Waals surface area contributed by atoms with Crippen LogP contribution in [-0.4, -0.2) is 21.4 Å². The number of aliphatic imine (C=N–C) groups is 1. The summed E-state index contributed by atoms with van der Waals surface area (Å²) in [6, 6.07) is 13.6. The maximum absolute atomic E-state index is 11.6. The third-order valence-corrected chi connectivity index (χ3v) is 5.83. The Morgan fingerprint density at radius 3 is 2.44 bits per heavy atom. The first-order valence-corrected chi connectivity index (χ1v) is 10.3. The molecule has 27 heavy (non-hydrogen) atoms. The highest BCUT2D eigenvalue weighted by Crippen LogP contribution is 2.24. The Morgan fingerprint density at radius 1 is 1.07 bits per heavy atom. The lowest BCUT2D eigenvalue weighted by atomic mass is 10.1. The molecular formula is C19H25IN4O2S. The Morgan fingerprint density at radius 2 is 1.74 bits per heavy atom. The standard InChI is InChI=1S/C19H24N4O2S.HI/c1-21-26(24,25)13-15-7-5-14(6-8-15)12-22-19(20)23-18-10-9-16-3-2-4-17(16)11-18;/h5-11,21H,2-4,12-13H2,1H3,(H3,20,22,23);1H. The molecule has 0 bridgehead atoms. The van der Waals surface area contributed by atoms with E-state index in [4.69, 9.17) is 5.73 Å². The monoisotopic (exact) mass is 500 g/mol. The second-order valence-electron chi connectivity index (χ2n) is 6.44. The van der Waals surface area contributed by atoms with Crippen LogP contribution in [0.15, 0.2) is 47.5 Å². The van der Waals surface area contributed by atoms with Gasteiger partial charge in [0.05, 0.1) is 12.3 Å². The molecule has 146 valence electrons. The normalized spacial score (nSPS) is 13.7. The molecule has 0 atom stereocenters. The Balaban J connectivity index is 0.00000261. The minimum atomic E-state index is -3.26. The number of hydrogen-bond acceptors (Lipinski definition) is 3. The molecule has 0 saturated carbocycles. The van der Waals surface area contributed by atoms with Gasteiger partial charge in [0, 0.05) is 5.69 Å². The van der Waals surface area contributed by atoms with Crippen molar-refractivity contribution in [3.05, 3.63) is 64.7 Å². The second kappa shape index (κ2) is 9.52. The fourth-order valence-corrected chi connectivity index (χ4v) is 3.82. The molecule has 0 heterocycles. The number of hydrogen-bond donors (Lipinski definition) is 3. The van der Waals surface area contributed by atoms with E-state index < -0.39 is 10.0 Å². The van der Waals surface area contributed by atoms with E-state index in [-0.39, 0.29) is 29.7 Å². The van der Waals surface area contributed by atoms with Gasteiger partial charge in [-0.2, -0.15) is 0 Å². The number of sulfonamides is 1. The zero-order chi connectivity index (χ0) is 18.6. The summed E-state index contributed by atoms with van der Waals surface area (Å²) in [5.41, 5.74) is 11.4. The van der Waals surface area contributed by atoms with E-state index in [2.05, 4.69) is 27.2 Å². The van der Waals surface area contributed by atoms with Crippen LogP contribution in [0.1, 0.15) is 28.7 Å². The predicted octanol–water partition coefficient (Wildman–Crippen LogP) is 2.77. The van der Waals surface area contributed by atoms with E-state index in [9.17, 15) is 8.42 Å². The number of nitrogens with one attached hydrogen (secondary N) is 2. The second-order valence-corrected chi connectivity index (χ2v) is 8.37. The summed E-state index contributed by atoms with van der Waals surface area (Å²) in [6.07, 6.45) is 3.50. The van der Waals surface area contributed by atoms with Gasteiger partial charge < -0.3 is 11.1 Å². The number of rotatable bonds is 6. The zero-order valence-electron chi connectivity index (χ0n) is 15.2. The van der Waals surface area contributed by atoms with Gasteiger partial charge in [-0.15, -0.1) is 24.0 Å². The molecule has 0 unspecified atom stereocenters. The molecule has 0 aliphatic heterocycles. The van der Waals surface area contributed by atoms with Crippen LogP contribution in [0.3, 0.4) is 0 Å². The third kappa shape index (κ3) is 6.18. The lowest BCUT2D eigenvalue weighted by Gasteiger charge is -2.08. The summed E-state index contributed by atoms with van der Waals surface area (Å²) < 4.78 is 25.4. The average molecular weight is 500 g/mol. The van der Waals surface area contributed by atoms with Gasteiger partial charge in [-0.3, -0.25) is 0 Å². The van der Waals surface area contributed by atoms with Gasteiger partial charge in [-0.05, 0) is 60.7 Å². The number of halogens is 1. The predicted molar refractivity (Wildman–Crippen MR) is 121 cm³/mol. The van der Waals surface area contributed by atoms with Gasteiger partial charge in [0.25, 0.3) is 0 Å². The molecule has 2 aromatic rings. The summed E-state index contributed by atoms with van der Waals surface area (Å²) in [5, 5.41) is 3.13. The fraction of sp³-hybridized carbons (Fsp3) is 0.316. The van der Waals surface area contributed by atoms with Gasteiger partial charge >= 0.3 is 0 Å². The molecule has 6 nitrogen and oxygen atoms in total. The highest BCUT2D eigenvalue weighted by Gasteiger charge is 2.11. The fourth-order valence-electron chi connectivity index (χ4n) is 3.05. The van der Waals surface area contributed by atoms with E-state index in [1.807, 2.05) is 18.2 Å². The number of benzene rings is 2. The molecule has 0 spiro atoms. The number of guanidine groups is 1. The van der Waals surface area contributed by atoms with Crippen LogP contribution in [0.2, 0.25) is 0 Å². The SMILES string of the molecule is CNS(=O)(=O)Cc1ccc(CN=C(N)Nc2ccc3c(c2)CCC3)cc1.I. The number of nitrogens with two attached hydrogens (primary N) is 1. The van der Waals surface area contributed by atoms with E-state index in [1.165, 1.54) is 24.6 Å². The quantitative estimate of drug-likeness (QED) is 0.323. The van der Waals surface area contributed by atoms with E-state index in [0.29, 0.717) is 12.5 Å². The van der Waals surface area contributed by atoms with Gasteiger partial charge in [-0.25, -0.2) is 18.1 Å². The van der Waals surface area contributed by atoms with Crippen LogP contribution in [0, 0.1) is 0 Å². The van der Waals surface area contributed by atoms with Crippen molar-refractivity contribution in [1.29, 1.82) is 0 Å². The van der Waals surface area contributed by atoms with Crippen molar-refractivity contribution in [2.24, 2.45) is 10.7 Å². The van der Waals surface area contributed by atoms with Crippen LogP contribution in [0.25, 0.3) is 0 Å². The molecule has 0 fully saturated rings. The molecule has 0 amide bonds. The molecular weight excluding hydrogens is 475 g/mol. The van der Waals surface area contributed by atoms with Crippen molar-refractivity contribution in [2.45, 2.75) is 31.6 Å². The summed E-state index contributed by atoms with van der Waals surface area (Å²) >= 11 is 0.